The lowest BCUT2D eigenvalue weighted by Crippen LogP contribution is -2.28. The predicted molar refractivity (Wildman–Crippen MR) is 63.8 cm³/mol. The minimum Gasteiger partial charge on any atom is -0.370 e. The first-order valence-electron chi connectivity index (χ1n) is 6.13. The van der Waals surface area contributed by atoms with Crippen molar-refractivity contribution in [2.75, 3.05) is 5.75 Å². The number of sulfone groups is 1. The van der Waals surface area contributed by atoms with Crippen molar-refractivity contribution in [3.8, 4) is 0 Å². The molecule has 0 aromatic carbocycles. The molecule has 16 heavy (non-hydrogen) atoms. The van der Waals surface area contributed by atoms with Crippen LogP contribution in [0.2, 0.25) is 0 Å². The summed E-state index contributed by atoms with van der Waals surface area (Å²) in [5, 5.41) is 1.28. The highest BCUT2D eigenvalue weighted by Crippen LogP contribution is 2.29. The van der Waals surface area contributed by atoms with Crippen molar-refractivity contribution in [3.63, 3.8) is 0 Å². The fourth-order valence-corrected chi connectivity index (χ4v) is 3.80. The van der Waals surface area contributed by atoms with E-state index < -0.39 is 9.84 Å². The van der Waals surface area contributed by atoms with Crippen LogP contribution in [0.15, 0.2) is 11.5 Å². The van der Waals surface area contributed by atoms with E-state index in [0.717, 1.165) is 0 Å². The van der Waals surface area contributed by atoms with Crippen LogP contribution in [0.1, 0.15) is 39.0 Å². The van der Waals surface area contributed by atoms with E-state index in [4.69, 9.17) is 4.74 Å². The van der Waals surface area contributed by atoms with Gasteiger partial charge in [-0.3, -0.25) is 0 Å². The minimum atomic E-state index is -2.98. The molecule has 0 saturated heterocycles. The molecule has 0 radical (unpaired) electrons. The van der Waals surface area contributed by atoms with Crippen LogP contribution >= 0.6 is 0 Å². The normalized spacial score (nSPS) is 31.7. The van der Waals surface area contributed by atoms with E-state index in [1.807, 2.05) is 0 Å². The third-order valence-corrected chi connectivity index (χ3v) is 4.97. The van der Waals surface area contributed by atoms with Gasteiger partial charge in [0.25, 0.3) is 0 Å². The fourth-order valence-electron chi connectivity index (χ4n) is 2.62. The summed E-state index contributed by atoms with van der Waals surface area (Å²) in [6.45, 7) is 2.08. The van der Waals surface area contributed by atoms with Gasteiger partial charge in [0.1, 0.15) is 0 Å². The summed E-state index contributed by atoms with van der Waals surface area (Å²) in [6, 6.07) is 0. The Labute approximate surface area is 97.8 Å². The molecular formula is C12H20O3S. The third-order valence-electron chi connectivity index (χ3n) is 3.60. The van der Waals surface area contributed by atoms with Crippen molar-refractivity contribution in [2.45, 2.75) is 51.2 Å². The molecule has 1 heterocycles. The first-order valence-corrected chi connectivity index (χ1v) is 7.85. The van der Waals surface area contributed by atoms with Gasteiger partial charge in [-0.1, -0.05) is 19.3 Å². The Hall–Kier alpha value is -0.350. The molecule has 2 unspecified atom stereocenters. The molecule has 0 bridgehead atoms. The zero-order valence-electron chi connectivity index (χ0n) is 9.76. The summed E-state index contributed by atoms with van der Waals surface area (Å²) in [5.41, 5.74) is 0. The highest BCUT2D eigenvalue weighted by molar-refractivity contribution is 7.94. The van der Waals surface area contributed by atoms with Crippen molar-refractivity contribution in [1.82, 2.24) is 0 Å². The van der Waals surface area contributed by atoms with E-state index in [1.54, 1.807) is 6.08 Å². The van der Waals surface area contributed by atoms with Crippen molar-refractivity contribution >= 4 is 9.84 Å². The number of ether oxygens (including phenoxy) is 1. The molecule has 1 aliphatic carbocycles. The summed E-state index contributed by atoms with van der Waals surface area (Å²) in [6.07, 6.45) is 8.00. The predicted octanol–water partition coefficient (Wildman–Crippen LogP) is 2.28. The van der Waals surface area contributed by atoms with Crippen molar-refractivity contribution in [2.24, 2.45) is 5.92 Å². The maximum absolute atomic E-state index is 11.2. The van der Waals surface area contributed by atoms with Gasteiger partial charge in [0, 0.05) is 5.41 Å². The monoisotopic (exact) mass is 244 g/mol. The third kappa shape index (κ3) is 3.08. The number of rotatable bonds is 3. The molecule has 1 fully saturated rings. The van der Waals surface area contributed by atoms with E-state index in [1.165, 1.54) is 37.5 Å². The molecular weight excluding hydrogens is 224 g/mol. The standard InChI is InChI=1S/C12H20O3S/c1-10(11-5-3-2-4-6-11)15-12-7-8-16(13,14)9-12/h7-8,10-12H,2-6,9H2,1H3. The van der Waals surface area contributed by atoms with Gasteiger partial charge < -0.3 is 4.74 Å². The second-order valence-electron chi connectivity index (χ2n) is 4.94. The van der Waals surface area contributed by atoms with Gasteiger partial charge in [0.2, 0.25) is 0 Å². The quantitative estimate of drug-likeness (QED) is 0.765. The Morgan fingerprint density at radius 3 is 2.50 bits per heavy atom. The molecule has 2 rings (SSSR count). The molecule has 0 N–H and O–H groups in total. The molecule has 2 aliphatic rings. The summed E-state index contributed by atoms with van der Waals surface area (Å²) in [4.78, 5) is 0. The van der Waals surface area contributed by atoms with Gasteiger partial charge in [-0.15, -0.1) is 0 Å². The lowest BCUT2D eigenvalue weighted by atomic mass is 9.86. The van der Waals surface area contributed by atoms with Crippen molar-refractivity contribution < 1.29 is 13.2 Å². The zero-order valence-corrected chi connectivity index (χ0v) is 10.6. The molecule has 0 aromatic heterocycles. The molecule has 0 spiro atoms. The van der Waals surface area contributed by atoms with E-state index in [2.05, 4.69) is 6.92 Å². The van der Waals surface area contributed by atoms with Crippen LogP contribution < -0.4 is 0 Å². The highest BCUT2D eigenvalue weighted by Gasteiger charge is 2.27. The summed E-state index contributed by atoms with van der Waals surface area (Å²) < 4.78 is 28.3. The Balaban J connectivity index is 1.83. The lowest BCUT2D eigenvalue weighted by Gasteiger charge is -2.29. The second kappa shape index (κ2) is 4.88. The molecule has 92 valence electrons. The molecule has 1 saturated carbocycles. The molecule has 3 nitrogen and oxygen atoms in total. The van der Waals surface area contributed by atoms with E-state index >= 15 is 0 Å². The van der Waals surface area contributed by atoms with Crippen LogP contribution in [0.5, 0.6) is 0 Å². The largest absolute Gasteiger partial charge is 0.370 e. The van der Waals surface area contributed by atoms with Crippen LogP contribution in [-0.4, -0.2) is 26.4 Å². The molecule has 2 atom stereocenters. The molecule has 0 aromatic rings. The fraction of sp³-hybridized carbons (Fsp3) is 0.833. The second-order valence-corrected chi connectivity index (χ2v) is 6.87. The van der Waals surface area contributed by atoms with Crippen LogP contribution in [0, 0.1) is 5.92 Å². The SMILES string of the molecule is CC(OC1C=CS(=O)(=O)C1)C1CCCCC1. The lowest BCUT2D eigenvalue weighted by molar-refractivity contribution is -0.00965. The highest BCUT2D eigenvalue weighted by atomic mass is 32.2. The average molecular weight is 244 g/mol. The van der Waals surface area contributed by atoms with E-state index in [9.17, 15) is 8.42 Å². The first-order chi connectivity index (χ1) is 7.57. The summed E-state index contributed by atoms with van der Waals surface area (Å²) in [5.74, 6) is 0.745. The average Bonchev–Trinajstić information content (AvgIpc) is 2.59. The molecule has 0 amide bonds. The van der Waals surface area contributed by atoms with Crippen LogP contribution in [0.25, 0.3) is 0 Å². The van der Waals surface area contributed by atoms with Gasteiger partial charge in [-0.05, 0) is 31.8 Å². The van der Waals surface area contributed by atoms with Crippen LogP contribution in [0.4, 0.5) is 0 Å². The van der Waals surface area contributed by atoms with Gasteiger partial charge in [-0.25, -0.2) is 8.42 Å². The Kier molecular flexibility index (Phi) is 3.70. The maximum atomic E-state index is 11.2. The van der Waals surface area contributed by atoms with E-state index in [0.29, 0.717) is 5.92 Å². The Morgan fingerprint density at radius 2 is 1.94 bits per heavy atom. The summed E-state index contributed by atoms with van der Waals surface area (Å²) in [7, 11) is -2.98. The van der Waals surface area contributed by atoms with Crippen molar-refractivity contribution in [3.05, 3.63) is 11.5 Å². The Morgan fingerprint density at radius 1 is 1.25 bits per heavy atom. The van der Waals surface area contributed by atoms with E-state index in [-0.39, 0.29) is 18.0 Å². The first kappa shape index (κ1) is 12.1. The summed E-state index contributed by atoms with van der Waals surface area (Å²) >= 11 is 0. The van der Waals surface area contributed by atoms with Gasteiger partial charge in [-0.2, -0.15) is 0 Å². The zero-order chi connectivity index (χ0) is 11.6. The number of hydrogen-bond acceptors (Lipinski definition) is 3. The van der Waals surface area contributed by atoms with Gasteiger partial charge >= 0.3 is 0 Å². The van der Waals surface area contributed by atoms with Crippen molar-refractivity contribution in [1.29, 1.82) is 0 Å². The molecule has 1 aliphatic heterocycles. The minimum absolute atomic E-state index is 0.129. The van der Waals surface area contributed by atoms with Crippen LogP contribution in [0.3, 0.4) is 0 Å². The number of hydrogen-bond donors (Lipinski definition) is 0. The smallest absolute Gasteiger partial charge is 0.174 e. The topological polar surface area (TPSA) is 43.4 Å². The Bertz CT molecular complexity index is 352. The maximum Gasteiger partial charge on any atom is 0.174 e. The van der Waals surface area contributed by atoms with Gasteiger partial charge in [0.05, 0.1) is 18.0 Å². The molecule has 4 heteroatoms. The van der Waals surface area contributed by atoms with Gasteiger partial charge in [0.15, 0.2) is 9.84 Å². The van der Waals surface area contributed by atoms with Crippen LogP contribution in [-0.2, 0) is 14.6 Å².